The molecule has 32 heavy (non-hydrogen) atoms. The van der Waals surface area contributed by atoms with E-state index in [1.807, 2.05) is 41.1 Å². The van der Waals surface area contributed by atoms with Crippen LogP contribution in [0.15, 0.2) is 58.3 Å². The molecular formula is C22H16ClN5O4. The molecule has 0 spiro atoms. The van der Waals surface area contributed by atoms with Gasteiger partial charge in [-0.2, -0.15) is 4.98 Å². The van der Waals surface area contributed by atoms with Crippen molar-refractivity contribution in [1.82, 2.24) is 23.1 Å². The van der Waals surface area contributed by atoms with Crippen LogP contribution in [0, 0.1) is 0 Å². The van der Waals surface area contributed by atoms with Crippen LogP contribution in [0.2, 0.25) is 5.02 Å². The van der Waals surface area contributed by atoms with Gasteiger partial charge in [-0.25, -0.2) is 4.79 Å². The Hall–Kier alpha value is -3.98. The maximum absolute atomic E-state index is 13.0. The van der Waals surface area contributed by atoms with Crippen LogP contribution >= 0.6 is 11.6 Å². The summed E-state index contributed by atoms with van der Waals surface area (Å²) in [7, 11) is 3.06. The number of hydrogen-bond acceptors (Lipinski definition) is 5. The highest BCUT2D eigenvalue weighted by molar-refractivity contribution is 6.30. The molecule has 0 aliphatic carbocycles. The Balaban J connectivity index is 1.75. The van der Waals surface area contributed by atoms with E-state index in [1.54, 1.807) is 23.6 Å². The lowest BCUT2D eigenvalue weighted by molar-refractivity contribution is 0.174. The third kappa shape index (κ3) is 2.48. The van der Waals surface area contributed by atoms with Crippen LogP contribution in [0.1, 0.15) is 0 Å². The summed E-state index contributed by atoms with van der Waals surface area (Å²) in [6, 6.07) is 13.0. The first-order valence-electron chi connectivity index (χ1n) is 9.79. The van der Waals surface area contributed by atoms with E-state index < -0.39 is 11.2 Å². The van der Waals surface area contributed by atoms with E-state index in [0.29, 0.717) is 33.5 Å². The molecule has 0 fully saturated rings. The summed E-state index contributed by atoms with van der Waals surface area (Å²) in [4.78, 5) is 30.1. The minimum Gasteiger partial charge on any atom is -0.454 e. The normalized spacial score (nSPS) is 12.8. The van der Waals surface area contributed by atoms with Crippen molar-refractivity contribution in [2.24, 2.45) is 14.1 Å². The van der Waals surface area contributed by atoms with E-state index in [9.17, 15) is 9.59 Å². The predicted molar refractivity (Wildman–Crippen MR) is 119 cm³/mol. The van der Waals surface area contributed by atoms with E-state index in [2.05, 4.69) is 4.98 Å². The zero-order valence-electron chi connectivity index (χ0n) is 17.1. The Bertz CT molecular complexity index is 1670. The standard InChI is InChI=1S/C22H16ClN5O4/c1-25-19-18(20(29)26(2)22(25)30)27-10-15(12-3-5-13(23)6-4-12)28(21(27)24-19)14-7-8-16-17(9-14)32-11-31-16/h3-10H,11H2,1-2H3. The summed E-state index contributed by atoms with van der Waals surface area (Å²) in [5.74, 6) is 1.77. The molecule has 5 aromatic rings. The summed E-state index contributed by atoms with van der Waals surface area (Å²) >= 11 is 6.09. The van der Waals surface area contributed by atoms with Gasteiger partial charge < -0.3 is 9.47 Å². The van der Waals surface area contributed by atoms with Crippen molar-refractivity contribution in [1.29, 1.82) is 0 Å². The van der Waals surface area contributed by atoms with Crippen LogP contribution in [0.5, 0.6) is 11.5 Å². The van der Waals surface area contributed by atoms with Crippen molar-refractivity contribution < 1.29 is 9.47 Å². The first-order chi connectivity index (χ1) is 15.4. The fourth-order valence-corrected chi connectivity index (χ4v) is 4.20. The fraction of sp³-hybridized carbons (Fsp3) is 0.136. The summed E-state index contributed by atoms with van der Waals surface area (Å²) in [5, 5.41) is 0.619. The average molecular weight is 450 g/mol. The Kier molecular flexibility index (Phi) is 3.82. The fourth-order valence-electron chi connectivity index (χ4n) is 4.07. The molecule has 160 valence electrons. The first kappa shape index (κ1) is 18.8. The maximum atomic E-state index is 13.0. The van der Waals surface area contributed by atoms with E-state index in [-0.39, 0.29) is 6.79 Å². The van der Waals surface area contributed by atoms with Gasteiger partial charge in [0.05, 0.1) is 11.4 Å². The Morgan fingerprint density at radius 3 is 2.50 bits per heavy atom. The summed E-state index contributed by atoms with van der Waals surface area (Å²) in [5.41, 5.74) is 2.22. The third-order valence-corrected chi connectivity index (χ3v) is 5.97. The van der Waals surface area contributed by atoms with Crippen molar-refractivity contribution in [3.8, 4) is 28.4 Å². The lowest BCUT2D eigenvalue weighted by atomic mass is 10.1. The van der Waals surface area contributed by atoms with Gasteiger partial charge in [0, 0.05) is 36.9 Å². The van der Waals surface area contributed by atoms with E-state index in [0.717, 1.165) is 21.5 Å². The number of benzene rings is 2. The van der Waals surface area contributed by atoms with Crippen LogP contribution in [-0.2, 0) is 14.1 Å². The second kappa shape index (κ2) is 6.51. The molecule has 1 aliphatic rings. The number of aromatic nitrogens is 5. The average Bonchev–Trinajstić information content (AvgIpc) is 3.49. The van der Waals surface area contributed by atoms with Crippen molar-refractivity contribution in [2.75, 3.05) is 6.79 Å². The molecule has 0 bridgehead atoms. The molecule has 0 unspecified atom stereocenters. The van der Waals surface area contributed by atoms with Crippen molar-refractivity contribution in [2.45, 2.75) is 0 Å². The van der Waals surface area contributed by atoms with Crippen LogP contribution in [-0.4, -0.2) is 29.9 Å². The SMILES string of the molecule is Cn1c(=O)c2c(nc3n(-c4ccc5c(c4)OCO5)c(-c4ccc(Cl)cc4)cn23)n(C)c1=O. The molecule has 0 saturated carbocycles. The summed E-state index contributed by atoms with van der Waals surface area (Å²) in [6.07, 6.45) is 1.84. The highest BCUT2D eigenvalue weighted by Crippen LogP contribution is 2.36. The molecule has 0 saturated heterocycles. The largest absolute Gasteiger partial charge is 0.454 e. The molecule has 3 aromatic heterocycles. The van der Waals surface area contributed by atoms with Crippen molar-refractivity contribution in [3.05, 3.63) is 74.5 Å². The number of halogens is 1. The third-order valence-electron chi connectivity index (χ3n) is 5.72. The Morgan fingerprint density at radius 2 is 1.72 bits per heavy atom. The minimum atomic E-state index is -0.434. The Labute approximate surface area is 185 Å². The van der Waals surface area contributed by atoms with Gasteiger partial charge in [-0.15, -0.1) is 0 Å². The van der Waals surface area contributed by atoms with Gasteiger partial charge in [0.25, 0.3) is 5.56 Å². The monoisotopic (exact) mass is 449 g/mol. The van der Waals surface area contributed by atoms with Crippen LogP contribution < -0.4 is 20.7 Å². The smallest absolute Gasteiger partial charge is 0.332 e. The number of imidazole rings is 2. The summed E-state index contributed by atoms with van der Waals surface area (Å²) < 4.78 is 17.1. The predicted octanol–water partition coefficient (Wildman–Crippen LogP) is 2.72. The molecule has 0 N–H and O–H groups in total. The number of rotatable bonds is 2. The second-order valence-electron chi connectivity index (χ2n) is 7.55. The number of ether oxygens (including phenoxy) is 2. The topological polar surface area (TPSA) is 84.7 Å². The molecule has 10 heteroatoms. The van der Waals surface area contributed by atoms with Gasteiger partial charge >= 0.3 is 5.69 Å². The van der Waals surface area contributed by atoms with Crippen LogP contribution in [0.3, 0.4) is 0 Å². The van der Waals surface area contributed by atoms with Gasteiger partial charge in [0.2, 0.25) is 12.6 Å². The lowest BCUT2D eigenvalue weighted by Gasteiger charge is -2.10. The van der Waals surface area contributed by atoms with E-state index in [4.69, 9.17) is 21.1 Å². The highest BCUT2D eigenvalue weighted by Gasteiger charge is 2.23. The van der Waals surface area contributed by atoms with Gasteiger partial charge in [-0.05, 0) is 24.3 Å². The van der Waals surface area contributed by atoms with Crippen LogP contribution in [0.25, 0.3) is 33.9 Å². The molecule has 0 atom stereocenters. The number of hydrogen-bond donors (Lipinski definition) is 0. The quantitative estimate of drug-likeness (QED) is 0.413. The van der Waals surface area contributed by atoms with Gasteiger partial charge in [-0.3, -0.25) is 22.9 Å². The zero-order valence-corrected chi connectivity index (χ0v) is 17.8. The molecule has 0 radical (unpaired) electrons. The Morgan fingerprint density at radius 1 is 0.969 bits per heavy atom. The number of aryl methyl sites for hydroxylation is 1. The second-order valence-corrected chi connectivity index (χ2v) is 7.99. The van der Waals surface area contributed by atoms with Gasteiger partial charge in [0.1, 0.15) is 0 Å². The van der Waals surface area contributed by atoms with Gasteiger partial charge in [0.15, 0.2) is 22.7 Å². The molecule has 6 rings (SSSR count). The van der Waals surface area contributed by atoms with Gasteiger partial charge in [-0.1, -0.05) is 23.7 Å². The highest BCUT2D eigenvalue weighted by atomic mass is 35.5. The molecule has 2 aromatic carbocycles. The number of fused-ring (bicyclic) bond motifs is 4. The molecular weight excluding hydrogens is 434 g/mol. The van der Waals surface area contributed by atoms with Crippen LogP contribution in [0.4, 0.5) is 0 Å². The zero-order chi connectivity index (χ0) is 22.1. The maximum Gasteiger partial charge on any atom is 0.332 e. The van der Waals surface area contributed by atoms with Crippen molar-refractivity contribution >= 4 is 28.5 Å². The van der Waals surface area contributed by atoms with E-state index >= 15 is 0 Å². The minimum absolute atomic E-state index is 0.162. The lowest BCUT2D eigenvalue weighted by Crippen LogP contribution is -2.37. The van der Waals surface area contributed by atoms with E-state index in [1.165, 1.54) is 11.6 Å². The molecule has 9 nitrogen and oxygen atoms in total. The number of nitrogens with zero attached hydrogens (tertiary/aromatic N) is 5. The molecule has 1 aliphatic heterocycles. The summed E-state index contributed by atoms with van der Waals surface area (Å²) in [6.45, 7) is 0.162. The first-order valence-corrected chi connectivity index (χ1v) is 10.2. The molecule has 0 amide bonds. The van der Waals surface area contributed by atoms with Crippen molar-refractivity contribution in [3.63, 3.8) is 0 Å². The molecule has 4 heterocycles.